The molecule has 3 nitrogen and oxygen atoms in total. The van der Waals surface area contributed by atoms with E-state index in [1.54, 1.807) is 30.3 Å². The Labute approximate surface area is 136 Å². The van der Waals surface area contributed by atoms with Crippen LogP contribution in [0.2, 0.25) is 0 Å². The number of hydrogen-bond donors (Lipinski definition) is 1. The van der Waals surface area contributed by atoms with Gasteiger partial charge in [-0.1, -0.05) is 12.1 Å². The average Bonchev–Trinajstić information content (AvgIpc) is 2.87. The Morgan fingerprint density at radius 2 is 1.95 bits per heavy atom. The van der Waals surface area contributed by atoms with Crippen LogP contribution in [0.3, 0.4) is 0 Å². The van der Waals surface area contributed by atoms with Crippen molar-refractivity contribution in [1.29, 1.82) is 0 Å². The molecule has 1 aliphatic rings. The van der Waals surface area contributed by atoms with Crippen molar-refractivity contribution in [1.82, 2.24) is 4.90 Å². The monoisotopic (exact) mass is 390 g/mol. The largest absolute Gasteiger partial charge is 0.406 e. The van der Waals surface area contributed by atoms with Crippen LogP contribution in [-0.4, -0.2) is 23.5 Å². The Hall–Kier alpha value is -1.54. The number of rotatable bonds is 2. The number of thiophene rings is 1. The SMILES string of the molecule is O=C1c2ccccc2N[C@H](c2ccc(Br)s2)N1CC(F)(F)F. The van der Waals surface area contributed by atoms with Crippen molar-refractivity contribution >= 4 is 38.9 Å². The lowest BCUT2D eigenvalue weighted by atomic mass is 10.1. The van der Waals surface area contributed by atoms with Gasteiger partial charge in [-0.05, 0) is 40.2 Å². The molecule has 1 amide bonds. The molecule has 0 radical (unpaired) electrons. The number of hydrogen-bond acceptors (Lipinski definition) is 3. The van der Waals surface area contributed by atoms with Gasteiger partial charge >= 0.3 is 6.18 Å². The summed E-state index contributed by atoms with van der Waals surface area (Å²) >= 11 is 4.59. The highest BCUT2D eigenvalue weighted by atomic mass is 79.9. The normalized spacial score (nSPS) is 18.1. The van der Waals surface area contributed by atoms with E-state index >= 15 is 0 Å². The van der Waals surface area contributed by atoms with E-state index in [-0.39, 0.29) is 5.56 Å². The zero-order valence-electron chi connectivity index (χ0n) is 11.0. The second-order valence-electron chi connectivity index (χ2n) is 4.78. The predicted molar refractivity (Wildman–Crippen MR) is 81.9 cm³/mol. The van der Waals surface area contributed by atoms with Crippen molar-refractivity contribution in [3.8, 4) is 0 Å². The molecule has 0 fully saturated rings. The van der Waals surface area contributed by atoms with Crippen molar-refractivity contribution < 1.29 is 18.0 Å². The Morgan fingerprint density at radius 3 is 2.59 bits per heavy atom. The van der Waals surface area contributed by atoms with Crippen LogP contribution in [0.15, 0.2) is 40.2 Å². The highest BCUT2D eigenvalue weighted by Gasteiger charge is 2.41. The number of benzene rings is 1. The molecule has 22 heavy (non-hydrogen) atoms. The molecule has 3 rings (SSSR count). The summed E-state index contributed by atoms with van der Waals surface area (Å²) < 4.78 is 39.4. The van der Waals surface area contributed by atoms with Crippen molar-refractivity contribution in [3.05, 3.63) is 50.6 Å². The maximum absolute atomic E-state index is 12.9. The van der Waals surface area contributed by atoms with Gasteiger partial charge in [0.25, 0.3) is 5.91 Å². The Bertz CT molecular complexity index is 716. The average molecular weight is 391 g/mol. The van der Waals surface area contributed by atoms with Crippen LogP contribution in [0.1, 0.15) is 21.4 Å². The van der Waals surface area contributed by atoms with Crippen LogP contribution in [0.5, 0.6) is 0 Å². The first-order chi connectivity index (χ1) is 10.3. The van der Waals surface area contributed by atoms with Gasteiger partial charge in [-0.3, -0.25) is 4.79 Å². The lowest BCUT2D eigenvalue weighted by Crippen LogP contribution is -2.47. The highest BCUT2D eigenvalue weighted by molar-refractivity contribution is 9.11. The molecule has 2 aromatic rings. The smallest absolute Gasteiger partial charge is 0.360 e. The lowest BCUT2D eigenvalue weighted by Gasteiger charge is -2.37. The first kappa shape index (κ1) is 15.4. The highest BCUT2D eigenvalue weighted by Crippen LogP contribution is 2.38. The summed E-state index contributed by atoms with van der Waals surface area (Å²) in [5, 5.41) is 3.02. The van der Waals surface area contributed by atoms with Gasteiger partial charge in [0.15, 0.2) is 0 Å². The number of nitrogens with zero attached hydrogens (tertiary/aromatic N) is 1. The summed E-state index contributed by atoms with van der Waals surface area (Å²) in [7, 11) is 0. The number of fused-ring (bicyclic) bond motifs is 1. The maximum atomic E-state index is 12.9. The first-order valence-electron chi connectivity index (χ1n) is 6.34. The Balaban J connectivity index is 2.04. The van der Waals surface area contributed by atoms with Crippen LogP contribution < -0.4 is 5.32 Å². The molecule has 0 saturated carbocycles. The molecular weight excluding hydrogens is 381 g/mol. The summed E-state index contributed by atoms with van der Waals surface area (Å²) in [4.78, 5) is 13.9. The second-order valence-corrected chi connectivity index (χ2v) is 7.28. The van der Waals surface area contributed by atoms with Crippen LogP contribution >= 0.6 is 27.3 Å². The number of carbonyl (C=O) groups is 1. The second kappa shape index (κ2) is 5.58. The number of para-hydroxylation sites is 1. The number of alkyl halides is 3. The van der Waals surface area contributed by atoms with E-state index in [2.05, 4.69) is 21.2 Å². The third-order valence-electron chi connectivity index (χ3n) is 3.24. The van der Waals surface area contributed by atoms with E-state index in [0.717, 1.165) is 8.69 Å². The number of carbonyl (C=O) groups excluding carboxylic acids is 1. The van der Waals surface area contributed by atoms with E-state index in [0.29, 0.717) is 10.6 Å². The molecule has 0 saturated heterocycles. The Kier molecular flexibility index (Phi) is 3.90. The summed E-state index contributed by atoms with van der Waals surface area (Å²) in [5.74, 6) is -0.624. The van der Waals surface area contributed by atoms with Crippen LogP contribution in [0.4, 0.5) is 18.9 Å². The fourth-order valence-corrected chi connectivity index (χ4v) is 3.84. The fraction of sp³-hybridized carbons (Fsp3) is 0.214. The standard InChI is InChI=1S/C14H10BrF3N2OS/c15-11-6-5-10(22-11)12-19-9-4-2-1-3-8(9)13(21)20(12)7-14(16,17)18/h1-6,12,19H,7H2/t12-/m0/s1. The van der Waals surface area contributed by atoms with Crippen LogP contribution in [0.25, 0.3) is 0 Å². The van der Waals surface area contributed by atoms with Gasteiger partial charge < -0.3 is 10.2 Å². The molecule has 1 aromatic carbocycles. The third kappa shape index (κ3) is 2.98. The fourth-order valence-electron chi connectivity index (χ4n) is 2.35. The molecule has 0 spiro atoms. The quantitative estimate of drug-likeness (QED) is 0.809. The van der Waals surface area contributed by atoms with Crippen molar-refractivity contribution in [2.45, 2.75) is 12.3 Å². The summed E-state index contributed by atoms with van der Waals surface area (Å²) in [5.41, 5.74) is 0.791. The molecule has 0 aliphatic carbocycles. The zero-order chi connectivity index (χ0) is 15.9. The van der Waals surface area contributed by atoms with E-state index in [1.807, 2.05) is 0 Å². The minimum atomic E-state index is -4.46. The van der Waals surface area contributed by atoms with E-state index in [1.165, 1.54) is 17.4 Å². The minimum absolute atomic E-state index is 0.249. The zero-order valence-corrected chi connectivity index (χ0v) is 13.4. The van der Waals surface area contributed by atoms with Crippen LogP contribution in [-0.2, 0) is 0 Å². The predicted octanol–water partition coefficient (Wildman–Crippen LogP) is 4.64. The summed E-state index contributed by atoms with van der Waals surface area (Å²) in [6.07, 6.45) is -5.29. The Morgan fingerprint density at radius 1 is 1.23 bits per heavy atom. The van der Waals surface area contributed by atoms with Gasteiger partial charge in [-0.25, -0.2) is 0 Å². The first-order valence-corrected chi connectivity index (χ1v) is 7.94. The van der Waals surface area contributed by atoms with Gasteiger partial charge in [-0.15, -0.1) is 11.3 Å². The molecule has 0 bridgehead atoms. The topological polar surface area (TPSA) is 32.3 Å². The lowest BCUT2D eigenvalue weighted by molar-refractivity contribution is -0.144. The van der Waals surface area contributed by atoms with Crippen molar-refractivity contribution in [2.75, 3.05) is 11.9 Å². The molecule has 2 heterocycles. The molecule has 1 N–H and O–H groups in total. The van der Waals surface area contributed by atoms with Crippen molar-refractivity contribution in [2.24, 2.45) is 0 Å². The number of halogens is 4. The van der Waals surface area contributed by atoms with E-state index in [4.69, 9.17) is 0 Å². The number of nitrogens with one attached hydrogen (secondary N) is 1. The molecule has 1 aromatic heterocycles. The third-order valence-corrected chi connectivity index (χ3v) is 4.91. The molecule has 8 heteroatoms. The maximum Gasteiger partial charge on any atom is 0.406 e. The summed E-state index contributed by atoms with van der Waals surface area (Å²) in [6, 6.07) is 10.0. The van der Waals surface area contributed by atoms with Gasteiger partial charge in [0.05, 0.1) is 9.35 Å². The van der Waals surface area contributed by atoms with Crippen molar-refractivity contribution in [3.63, 3.8) is 0 Å². The van der Waals surface area contributed by atoms with Gasteiger partial charge in [0.1, 0.15) is 12.7 Å². The molecular formula is C14H10BrF3N2OS. The van der Waals surface area contributed by atoms with Gasteiger partial charge in [0.2, 0.25) is 0 Å². The number of amides is 1. The van der Waals surface area contributed by atoms with E-state index < -0.39 is 24.8 Å². The molecule has 0 unspecified atom stereocenters. The molecule has 1 atom stereocenters. The van der Waals surface area contributed by atoms with Gasteiger partial charge in [-0.2, -0.15) is 13.2 Å². The minimum Gasteiger partial charge on any atom is -0.360 e. The van der Waals surface area contributed by atoms with Gasteiger partial charge in [0, 0.05) is 10.6 Å². The summed E-state index contributed by atoms with van der Waals surface area (Å²) in [6.45, 7) is -1.30. The molecule has 116 valence electrons. The number of anilines is 1. The van der Waals surface area contributed by atoms with Crippen LogP contribution in [0, 0.1) is 0 Å². The van der Waals surface area contributed by atoms with E-state index in [9.17, 15) is 18.0 Å². The molecule has 1 aliphatic heterocycles.